The van der Waals surface area contributed by atoms with Gasteiger partial charge in [0.15, 0.2) is 5.60 Å². The van der Waals surface area contributed by atoms with E-state index in [2.05, 4.69) is 0 Å². The number of nitrogens with zero attached hydrogens (tertiary/aromatic N) is 1. The molecule has 3 heterocycles. The molecule has 2 saturated heterocycles. The number of Topliss-reactive ketones (excluding diaryl/α,β-unsaturated/α-hetero) is 1. The molecule has 0 unspecified atom stereocenters. The highest BCUT2D eigenvalue weighted by Gasteiger charge is 2.58. The molecule has 1 amide bonds. The summed E-state index contributed by atoms with van der Waals surface area (Å²) in [5, 5.41) is 9.29. The van der Waals surface area contributed by atoms with E-state index in [0.717, 1.165) is 12.8 Å². The maximum Gasteiger partial charge on any atom is 0.407 e. The number of fused-ring (bicyclic) bond motifs is 3. The zero-order valence-corrected chi connectivity index (χ0v) is 10.9. The second-order valence-corrected chi connectivity index (χ2v) is 5.90. The van der Waals surface area contributed by atoms with Gasteiger partial charge in [0.25, 0.3) is 0 Å². The van der Waals surface area contributed by atoms with E-state index in [1.165, 1.54) is 4.90 Å². The van der Waals surface area contributed by atoms with Gasteiger partial charge in [0.1, 0.15) is 5.75 Å². The van der Waals surface area contributed by atoms with Crippen molar-refractivity contribution in [2.75, 3.05) is 0 Å². The van der Waals surface area contributed by atoms with Crippen LogP contribution in [-0.2, 0) is 0 Å². The molecule has 104 valence electrons. The van der Waals surface area contributed by atoms with Gasteiger partial charge < -0.3 is 14.7 Å². The fourth-order valence-electron chi connectivity index (χ4n) is 4.03. The van der Waals surface area contributed by atoms with Gasteiger partial charge >= 0.3 is 6.09 Å². The van der Waals surface area contributed by atoms with Crippen molar-refractivity contribution < 1.29 is 19.4 Å². The fourth-order valence-corrected chi connectivity index (χ4v) is 4.03. The van der Waals surface area contributed by atoms with Crippen molar-refractivity contribution in [3.63, 3.8) is 0 Å². The predicted molar refractivity (Wildman–Crippen MR) is 70.0 cm³/mol. The average Bonchev–Trinajstić information content (AvgIpc) is 2.85. The summed E-state index contributed by atoms with van der Waals surface area (Å²) in [4.78, 5) is 25.5. The maximum absolute atomic E-state index is 12.7. The Kier molecular flexibility index (Phi) is 2.20. The molecule has 3 aliphatic rings. The van der Waals surface area contributed by atoms with E-state index < -0.39 is 11.7 Å². The Hall–Kier alpha value is -2.04. The fraction of sp³-hybridized carbons (Fsp3) is 0.467. The van der Waals surface area contributed by atoms with Crippen LogP contribution in [0.1, 0.15) is 36.0 Å². The van der Waals surface area contributed by atoms with E-state index in [9.17, 15) is 14.7 Å². The van der Waals surface area contributed by atoms with Crippen molar-refractivity contribution >= 4 is 11.9 Å². The Morgan fingerprint density at radius 2 is 1.90 bits per heavy atom. The molecule has 0 aromatic heterocycles. The largest absolute Gasteiger partial charge is 0.478 e. The summed E-state index contributed by atoms with van der Waals surface area (Å²) >= 11 is 0. The van der Waals surface area contributed by atoms with Gasteiger partial charge in [-0.1, -0.05) is 12.1 Å². The summed E-state index contributed by atoms with van der Waals surface area (Å²) in [6.07, 6.45) is 1.72. The summed E-state index contributed by atoms with van der Waals surface area (Å²) in [5.41, 5.74) is -0.197. The lowest BCUT2D eigenvalue weighted by molar-refractivity contribution is -0.00268. The molecule has 1 aromatic carbocycles. The van der Waals surface area contributed by atoms with Gasteiger partial charge in [-0.05, 0) is 25.0 Å². The zero-order chi connectivity index (χ0) is 13.9. The number of carbonyl (C=O) groups excluding carboxylic acids is 1. The predicted octanol–water partition coefficient (Wildman–Crippen LogP) is 2.31. The first-order valence-corrected chi connectivity index (χ1v) is 6.95. The van der Waals surface area contributed by atoms with E-state index in [0.29, 0.717) is 24.2 Å². The minimum Gasteiger partial charge on any atom is -0.478 e. The molecule has 3 aliphatic heterocycles. The van der Waals surface area contributed by atoms with Gasteiger partial charge in [0, 0.05) is 24.9 Å². The number of piperidine rings is 1. The molecule has 1 spiro atoms. The number of carboxylic acid groups (broad SMARTS) is 1. The molecular formula is C15H15NO4. The third-order valence-electron chi connectivity index (χ3n) is 4.82. The minimum absolute atomic E-state index is 0.0232. The van der Waals surface area contributed by atoms with Gasteiger partial charge in [-0.25, -0.2) is 4.79 Å². The monoisotopic (exact) mass is 273 g/mol. The second-order valence-electron chi connectivity index (χ2n) is 5.90. The SMILES string of the molecule is O=C(O)N1[C@@H]2CC[C@H]1C[C@@]1(C2)Oc2ccccc2C1=O. The van der Waals surface area contributed by atoms with Crippen molar-refractivity contribution in [1.82, 2.24) is 4.90 Å². The average molecular weight is 273 g/mol. The zero-order valence-electron chi connectivity index (χ0n) is 10.9. The Morgan fingerprint density at radius 1 is 1.25 bits per heavy atom. The number of carbonyl (C=O) groups is 2. The van der Waals surface area contributed by atoms with Crippen molar-refractivity contribution in [2.45, 2.75) is 43.4 Å². The van der Waals surface area contributed by atoms with Gasteiger partial charge in [-0.2, -0.15) is 0 Å². The molecule has 2 bridgehead atoms. The second kappa shape index (κ2) is 3.75. The van der Waals surface area contributed by atoms with E-state index in [-0.39, 0.29) is 17.9 Å². The van der Waals surface area contributed by atoms with Gasteiger partial charge in [-0.15, -0.1) is 0 Å². The Morgan fingerprint density at radius 3 is 2.50 bits per heavy atom. The summed E-state index contributed by atoms with van der Waals surface area (Å²) < 4.78 is 5.99. The van der Waals surface area contributed by atoms with Crippen molar-refractivity contribution in [1.29, 1.82) is 0 Å². The van der Waals surface area contributed by atoms with Crippen LogP contribution in [0.25, 0.3) is 0 Å². The first kappa shape index (κ1) is 11.8. The number of amides is 1. The first-order valence-electron chi connectivity index (χ1n) is 6.95. The van der Waals surface area contributed by atoms with Crippen LogP contribution in [0.2, 0.25) is 0 Å². The number of benzene rings is 1. The lowest BCUT2D eigenvalue weighted by atomic mass is 9.82. The third-order valence-corrected chi connectivity index (χ3v) is 4.82. The summed E-state index contributed by atoms with van der Waals surface area (Å²) in [5.74, 6) is 0.663. The smallest absolute Gasteiger partial charge is 0.407 e. The van der Waals surface area contributed by atoms with Crippen LogP contribution in [0.4, 0.5) is 4.79 Å². The van der Waals surface area contributed by atoms with E-state index in [1.807, 2.05) is 18.2 Å². The van der Waals surface area contributed by atoms with Crippen LogP contribution in [0.15, 0.2) is 24.3 Å². The van der Waals surface area contributed by atoms with Crippen molar-refractivity contribution in [3.8, 4) is 5.75 Å². The maximum atomic E-state index is 12.7. The highest BCUT2D eigenvalue weighted by atomic mass is 16.5. The molecule has 1 N–H and O–H groups in total. The van der Waals surface area contributed by atoms with Crippen LogP contribution in [-0.4, -0.2) is 39.6 Å². The molecule has 5 heteroatoms. The normalized spacial score (nSPS) is 34.2. The molecule has 0 saturated carbocycles. The summed E-state index contributed by atoms with van der Waals surface area (Å²) in [6, 6.07) is 7.10. The molecule has 0 radical (unpaired) electrons. The molecule has 1 aromatic rings. The van der Waals surface area contributed by atoms with Crippen LogP contribution in [0, 0.1) is 0 Å². The molecule has 3 atom stereocenters. The number of hydrogen-bond acceptors (Lipinski definition) is 3. The standard InChI is InChI=1S/C15H15NO4/c17-13-11-3-1-2-4-12(11)20-15(13)7-9-5-6-10(8-15)16(9)14(18)19/h1-4,9-10H,5-8H2,(H,18,19)/t9-,10+,15-. The number of para-hydroxylation sites is 1. The molecule has 4 rings (SSSR count). The molecular weight excluding hydrogens is 258 g/mol. The minimum atomic E-state index is -0.879. The topological polar surface area (TPSA) is 66.8 Å². The van der Waals surface area contributed by atoms with Crippen LogP contribution in [0.5, 0.6) is 5.75 Å². The Balaban J connectivity index is 1.70. The van der Waals surface area contributed by atoms with E-state index in [1.54, 1.807) is 6.07 Å². The quantitative estimate of drug-likeness (QED) is 0.787. The highest BCUT2D eigenvalue weighted by molar-refractivity contribution is 6.07. The number of ketones is 1. The molecule has 5 nitrogen and oxygen atoms in total. The van der Waals surface area contributed by atoms with Gasteiger partial charge in [0.2, 0.25) is 5.78 Å². The Labute approximate surface area is 116 Å². The van der Waals surface area contributed by atoms with Crippen LogP contribution in [0.3, 0.4) is 0 Å². The van der Waals surface area contributed by atoms with Crippen molar-refractivity contribution in [2.24, 2.45) is 0 Å². The van der Waals surface area contributed by atoms with E-state index >= 15 is 0 Å². The van der Waals surface area contributed by atoms with Crippen LogP contribution >= 0.6 is 0 Å². The molecule has 0 aliphatic carbocycles. The van der Waals surface area contributed by atoms with Crippen molar-refractivity contribution in [3.05, 3.63) is 29.8 Å². The number of hydrogen-bond donors (Lipinski definition) is 1. The summed E-state index contributed by atoms with van der Waals surface area (Å²) in [6.45, 7) is 0. The first-order chi connectivity index (χ1) is 9.61. The lowest BCUT2D eigenvalue weighted by Crippen LogP contribution is -2.56. The molecule has 2 fully saturated rings. The number of rotatable bonds is 0. The third kappa shape index (κ3) is 1.38. The highest BCUT2D eigenvalue weighted by Crippen LogP contribution is 2.48. The lowest BCUT2D eigenvalue weighted by Gasteiger charge is -2.41. The van der Waals surface area contributed by atoms with E-state index in [4.69, 9.17) is 4.74 Å². The van der Waals surface area contributed by atoms with Crippen LogP contribution < -0.4 is 4.74 Å². The Bertz CT molecular complexity index is 598. The number of ether oxygens (including phenoxy) is 1. The van der Waals surface area contributed by atoms with Gasteiger partial charge in [-0.3, -0.25) is 4.79 Å². The van der Waals surface area contributed by atoms with Gasteiger partial charge in [0.05, 0.1) is 5.56 Å². The summed E-state index contributed by atoms with van der Waals surface area (Å²) in [7, 11) is 0. The molecule has 20 heavy (non-hydrogen) atoms.